The predicted octanol–water partition coefficient (Wildman–Crippen LogP) is 4.23. The van der Waals surface area contributed by atoms with Crippen molar-refractivity contribution in [3.8, 4) is 17.6 Å². The molecule has 0 aliphatic rings. The fourth-order valence-electron chi connectivity index (χ4n) is 2.02. The van der Waals surface area contributed by atoms with Gasteiger partial charge in [-0.3, -0.25) is 0 Å². The molecule has 0 saturated heterocycles. The van der Waals surface area contributed by atoms with Crippen molar-refractivity contribution in [3.63, 3.8) is 0 Å². The van der Waals surface area contributed by atoms with E-state index in [1.807, 2.05) is 57.2 Å². The Morgan fingerprint density at radius 2 is 1.95 bits per heavy atom. The normalized spacial score (nSPS) is 10.2. The summed E-state index contributed by atoms with van der Waals surface area (Å²) in [5, 5.41) is 8.86. The Kier molecular flexibility index (Phi) is 4.84. The predicted molar refractivity (Wildman–Crippen MR) is 82.4 cm³/mol. The molecule has 108 valence electrons. The van der Waals surface area contributed by atoms with Gasteiger partial charge in [0.05, 0.1) is 17.7 Å². The molecule has 0 unspecified atom stereocenters. The van der Waals surface area contributed by atoms with Gasteiger partial charge >= 0.3 is 0 Å². The molecular weight excluding hydrogens is 262 g/mol. The number of hydrogen-bond donors (Lipinski definition) is 0. The first-order chi connectivity index (χ1) is 10.1. The summed E-state index contributed by atoms with van der Waals surface area (Å²) in [6.45, 7) is 6.42. The van der Waals surface area contributed by atoms with Crippen molar-refractivity contribution in [3.05, 3.63) is 59.2 Å². The van der Waals surface area contributed by atoms with E-state index in [-0.39, 0.29) is 6.10 Å². The standard InChI is InChI=1S/C18H19NO2/c1-13(2)21-17-6-4-5-16(10-17)12-20-18-8-7-15(11-19)9-14(18)3/h4-10,13H,12H2,1-3H3. The van der Waals surface area contributed by atoms with Gasteiger partial charge in [0.2, 0.25) is 0 Å². The summed E-state index contributed by atoms with van der Waals surface area (Å²) in [6.07, 6.45) is 0.155. The third-order valence-corrected chi connectivity index (χ3v) is 2.97. The topological polar surface area (TPSA) is 42.2 Å². The SMILES string of the molecule is Cc1cc(C#N)ccc1OCc1cccc(OC(C)C)c1. The van der Waals surface area contributed by atoms with Gasteiger partial charge in [0, 0.05) is 0 Å². The minimum absolute atomic E-state index is 0.155. The summed E-state index contributed by atoms with van der Waals surface area (Å²) in [7, 11) is 0. The number of hydrogen-bond acceptors (Lipinski definition) is 3. The van der Waals surface area contributed by atoms with E-state index < -0.39 is 0 Å². The largest absolute Gasteiger partial charge is 0.491 e. The Balaban J connectivity index is 2.05. The number of aryl methyl sites for hydroxylation is 1. The molecule has 3 nitrogen and oxygen atoms in total. The van der Waals surface area contributed by atoms with Crippen molar-refractivity contribution in [1.82, 2.24) is 0 Å². The maximum atomic E-state index is 8.86. The van der Waals surface area contributed by atoms with E-state index in [9.17, 15) is 0 Å². The van der Waals surface area contributed by atoms with Gasteiger partial charge in [0.25, 0.3) is 0 Å². The van der Waals surface area contributed by atoms with Crippen molar-refractivity contribution in [2.75, 3.05) is 0 Å². The van der Waals surface area contributed by atoms with Crippen LogP contribution in [0.5, 0.6) is 11.5 Å². The van der Waals surface area contributed by atoms with Gasteiger partial charge in [-0.05, 0) is 62.2 Å². The molecule has 21 heavy (non-hydrogen) atoms. The summed E-state index contributed by atoms with van der Waals surface area (Å²) in [6, 6.07) is 15.4. The van der Waals surface area contributed by atoms with E-state index in [1.165, 1.54) is 0 Å². The van der Waals surface area contributed by atoms with Gasteiger partial charge in [0.1, 0.15) is 18.1 Å². The van der Waals surface area contributed by atoms with Crippen molar-refractivity contribution in [2.45, 2.75) is 33.5 Å². The maximum absolute atomic E-state index is 8.86. The highest BCUT2D eigenvalue weighted by Gasteiger charge is 2.03. The summed E-state index contributed by atoms with van der Waals surface area (Å²) in [5.41, 5.74) is 2.66. The molecule has 0 bridgehead atoms. The lowest BCUT2D eigenvalue weighted by Gasteiger charge is -2.12. The molecule has 0 fully saturated rings. The Morgan fingerprint density at radius 1 is 1.14 bits per heavy atom. The lowest BCUT2D eigenvalue weighted by Crippen LogP contribution is -2.06. The van der Waals surface area contributed by atoms with Crippen LogP contribution < -0.4 is 9.47 Å². The Bertz CT molecular complexity index is 657. The number of nitrogens with zero attached hydrogens (tertiary/aromatic N) is 1. The average molecular weight is 281 g/mol. The summed E-state index contributed by atoms with van der Waals surface area (Å²) < 4.78 is 11.5. The van der Waals surface area contributed by atoms with Crippen LogP contribution in [0.3, 0.4) is 0 Å². The van der Waals surface area contributed by atoms with Crippen LogP contribution >= 0.6 is 0 Å². The first-order valence-electron chi connectivity index (χ1n) is 6.97. The maximum Gasteiger partial charge on any atom is 0.122 e. The van der Waals surface area contributed by atoms with Crippen molar-refractivity contribution in [1.29, 1.82) is 5.26 Å². The molecule has 2 aromatic rings. The third kappa shape index (κ3) is 4.25. The van der Waals surface area contributed by atoms with Gasteiger partial charge < -0.3 is 9.47 Å². The Morgan fingerprint density at radius 3 is 2.62 bits per heavy atom. The zero-order chi connectivity index (χ0) is 15.2. The second-order valence-corrected chi connectivity index (χ2v) is 5.19. The average Bonchev–Trinajstić information content (AvgIpc) is 2.45. The fourth-order valence-corrected chi connectivity index (χ4v) is 2.02. The highest BCUT2D eigenvalue weighted by atomic mass is 16.5. The molecule has 2 rings (SSSR count). The van der Waals surface area contributed by atoms with Gasteiger partial charge in [-0.1, -0.05) is 12.1 Å². The molecule has 3 heteroatoms. The first kappa shape index (κ1) is 14.9. The van der Waals surface area contributed by atoms with Crippen LogP contribution in [-0.4, -0.2) is 6.10 Å². The minimum atomic E-state index is 0.155. The van der Waals surface area contributed by atoms with Gasteiger partial charge in [-0.2, -0.15) is 5.26 Å². The number of rotatable bonds is 5. The van der Waals surface area contributed by atoms with Crippen molar-refractivity contribution >= 4 is 0 Å². The number of ether oxygens (including phenoxy) is 2. The highest BCUT2D eigenvalue weighted by Crippen LogP contribution is 2.21. The smallest absolute Gasteiger partial charge is 0.122 e. The molecule has 2 aromatic carbocycles. The fraction of sp³-hybridized carbons (Fsp3) is 0.278. The van der Waals surface area contributed by atoms with Crippen LogP contribution in [0.4, 0.5) is 0 Å². The Hall–Kier alpha value is -2.47. The number of nitriles is 1. The minimum Gasteiger partial charge on any atom is -0.491 e. The second kappa shape index (κ2) is 6.81. The van der Waals surface area contributed by atoms with E-state index in [0.29, 0.717) is 12.2 Å². The zero-order valence-electron chi connectivity index (χ0n) is 12.6. The molecule has 0 atom stereocenters. The molecule has 0 amide bonds. The summed E-state index contributed by atoms with van der Waals surface area (Å²) in [5.74, 6) is 1.65. The molecule has 0 aliphatic carbocycles. The molecule has 0 radical (unpaired) electrons. The molecule has 0 heterocycles. The lowest BCUT2D eigenvalue weighted by atomic mass is 10.1. The zero-order valence-corrected chi connectivity index (χ0v) is 12.6. The first-order valence-corrected chi connectivity index (χ1v) is 6.97. The summed E-state index contributed by atoms with van der Waals surface area (Å²) in [4.78, 5) is 0. The molecule has 0 spiro atoms. The summed E-state index contributed by atoms with van der Waals surface area (Å²) >= 11 is 0. The second-order valence-electron chi connectivity index (χ2n) is 5.19. The Labute approximate surface area is 125 Å². The van der Waals surface area contributed by atoms with Crippen LogP contribution in [-0.2, 0) is 6.61 Å². The van der Waals surface area contributed by atoms with E-state index in [0.717, 1.165) is 22.6 Å². The molecule has 0 aromatic heterocycles. The third-order valence-electron chi connectivity index (χ3n) is 2.97. The van der Waals surface area contributed by atoms with Gasteiger partial charge in [-0.25, -0.2) is 0 Å². The lowest BCUT2D eigenvalue weighted by molar-refractivity contribution is 0.241. The molecule has 0 saturated carbocycles. The van der Waals surface area contributed by atoms with Crippen LogP contribution in [0.1, 0.15) is 30.5 Å². The molecule has 0 aliphatic heterocycles. The van der Waals surface area contributed by atoms with Crippen LogP contribution in [0, 0.1) is 18.3 Å². The van der Waals surface area contributed by atoms with Crippen molar-refractivity contribution in [2.24, 2.45) is 0 Å². The van der Waals surface area contributed by atoms with E-state index in [1.54, 1.807) is 6.07 Å². The van der Waals surface area contributed by atoms with Crippen molar-refractivity contribution < 1.29 is 9.47 Å². The van der Waals surface area contributed by atoms with E-state index in [2.05, 4.69) is 6.07 Å². The number of benzene rings is 2. The van der Waals surface area contributed by atoms with Crippen LogP contribution in [0.15, 0.2) is 42.5 Å². The van der Waals surface area contributed by atoms with E-state index in [4.69, 9.17) is 14.7 Å². The van der Waals surface area contributed by atoms with E-state index >= 15 is 0 Å². The molecular formula is C18H19NO2. The molecule has 0 N–H and O–H groups in total. The van der Waals surface area contributed by atoms with Gasteiger partial charge in [-0.15, -0.1) is 0 Å². The monoisotopic (exact) mass is 281 g/mol. The van der Waals surface area contributed by atoms with Crippen LogP contribution in [0.25, 0.3) is 0 Å². The van der Waals surface area contributed by atoms with Gasteiger partial charge in [0.15, 0.2) is 0 Å². The highest BCUT2D eigenvalue weighted by molar-refractivity contribution is 5.41. The van der Waals surface area contributed by atoms with Crippen LogP contribution in [0.2, 0.25) is 0 Å². The quantitative estimate of drug-likeness (QED) is 0.823.